The molecule has 82 valence electrons. The van der Waals surface area contributed by atoms with Gasteiger partial charge in [-0.1, -0.05) is 17.7 Å². The van der Waals surface area contributed by atoms with Crippen molar-refractivity contribution in [3.05, 3.63) is 41.0 Å². The minimum absolute atomic E-state index is 0.785. The van der Waals surface area contributed by atoms with Crippen LogP contribution in [0, 0.1) is 18.3 Å². The van der Waals surface area contributed by atoms with Crippen LogP contribution in [-0.2, 0) is 0 Å². The minimum atomic E-state index is 0.785. The van der Waals surface area contributed by atoms with Gasteiger partial charge in [0.15, 0.2) is 0 Å². The molecule has 2 heteroatoms. The van der Waals surface area contributed by atoms with Crippen LogP contribution in [0.3, 0.4) is 0 Å². The van der Waals surface area contributed by atoms with Crippen LogP contribution in [0.4, 0.5) is 5.69 Å². The number of nitriles is 1. The molecule has 0 atom stereocenters. The summed E-state index contributed by atoms with van der Waals surface area (Å²) in [5.41, 5.74) is 4.44. The minimum Gasteiger partial charge on any atom is -0.366 e. The smallest absolute Gasteiger partial charge is 0.101 e. The van der Waals surface area contributed by atoms with Crippen LogP contribution >= 0.6 is 0 Å². The lowest BCUT2D eigenvalue weighted by atomic mass is 10.1. The lowest BCUT2D eigenvalue weighted by Crippen LogP contribution is -2.28. The SMILES string of the molecule is CC1=CCN(c2ccc(C)cc2C#N)CC1. The predicted octanol–water partition coefficient (Wildman–Crippen LogP) is 3.02. The van der Waals surface area contributed by atoms with Gasteiger partial charge in [-0.25, -0.2) is 0 Å². The van der Waals surface area contributed by atoms with E-state index in [-0.39, 0.29) is 0 Å². The molecule has 16 heavy (non-hydrogen) atoms. The summed E-state index contributed by atoms with van der Waals surface area (Å²) < 4.78 is 0. The predicted molar refractivity (Wildman–Crippen MR) is 66.5 cm³/mol. The maximum Gasteiger partial charge on any atom is 0.101 e. The summed E-state index contributed by atoms with van der Waals surface area (Å²) in [4.78, 5) is 2.27. The van der Waals surface area contributed by atoms with Crippen molar-refractivity contribution in [3.8, 4) is 6.07 Å². The Bertz CT molecular complexity index is 466. The van der Waals surface area contributed by atoms with E-state index in [1.54, 1.807) is 0 Å². The number of aryl methyl sites for hydroxylation is 1. The highest BCUT2D eigenvalue weighted by atomic mass is 15.1. The standard InChI is InChI=1S/C14H16N2/c1-11-5-7-16(8-6-11)14-4-3-12(2)9-13(14)10-15/h3-5,9H,6-8H2,1-2H3. The van der Waals surface area contributed by atoms with Crippen LogP contribution < -0.4 is 4.90 Å². The van der Waals surface area contributed by atoms with Crippen LogP contribution in [0.5, 0.6) is 0 Å². The molecular formula is C14H16N2. The molecule has 0 N–H and O–H groups in total. The summed E-state index contributed by atoms with van der Waals surface area (Å²) in [6.07, 6.45) is 3.34. The molecule has 1 aliphatic heterocycles. The average molecular weight is 212 g/mol. The lowest BCUT2D eigenvalue weighted by molar-refractivity contribution is 0.786. The molecule has 0 spiro atoms. The van der Waals surface area contributed by atoms with E-state index in [4.69, 9.17) is 5.26 Å². The molecule has 0 unspecified atom stereocenters. The molecular weight excluding hydrogens is 196 g/mol. The number of nitrogens with zero attached hydrogens (tertiary/aromatic N) is 2. The first-order valence-corrected chi connectivity index (χ1v) is 5.62. The summed E-state index contributed by atoms with van der Waals surface area (Å²) >= 11 is 0. The Morgan fingerprint density at radius 3 is 2.75 bits per heavy atom. The zero-order valence-electron chi connectivity index (χ0n) is 9.83. The fraction of sp³-hybridized carbons (Fsp3) is 0.357. The van der Waals surface area contributed by atoms with Gasteiger partial charge in [0.25, 0.3) is 0 Å². The van der Waals surface area contributed by atoms with E-state index in [1.807, 2.05) is 13.0 Å². The maximum absolute atomic E-state index is 9.13. The van der Waals surface area contributed by atoms with E-state index in [9.17, 15) is 0 Å². The second kappa shape index (κ2) is 4.40. The highest BCUT2D eigenvalue weighted by molar-refractivity contribution is 5.61. The Morgan fingerprint density at radius 2 is 2.12 bits per heavy atom. The van der Waals surface area contributed by atoms with E-state index in [2.05, 4.69) is 36.1 Å². The summed E-state index contributed by atoms with van der Waals surface area (Å²) in [6, 6.07) is 8.37. The third-order valence-corrected chi connectivity index (χ3v) is 3.05. The Morgan fingerprint density at radius 1 is 1.31 bits per heavy atom. The molecule has 0 aromatic heterocycles. The second-order valence-electron chi connectivity index (χ2n) is 4.38. The third kappa shape index (κ3) is 2.09. The van der Waals surface area contributed by atoms with Gasteiger partial charge in [-0.2, -0.15) is 5.26 Å². The summed E-state index contributed by atoms with van der Waals surface area (Å²) in [5, 5.41) is 9.13. The van der Waals surface area contributed by atoms with Crippen molar-refractivity contribution in [1.29, 1.82) is 5.26 Å². The van der Waals surface area contributed by atoms with Gasteiger partial charge in [-0.3, -0.25) is 0 Å². The molecule has 2 nitrogen and oxygen atoms in total. The van der Waals surface area contributed by atoms with Crippen LogP contribution in [0.25, 0.3) is 0 Å². The van der Waals surface area contributed by atoms with E-state index in [1.165, 1.54) is 5.57 Å². The van der Waals surface area contributed by atoms with Gasteiger partial charge in [0, 0.05) is 13.1 Å². The molecule has 0 bridgehead atoms. The van der Waals surface area contributed by atoms with Crippen LogP contribution in [0.15, 0.2) is 29.8 Å². The van der Waals surface area contributed by atoms with Crippen molar-refractivity contribution in [3.63, 3.8) is 0 Å². The van der Waals surface area contributed by atoms with Gasteiger partial charge in [0.2, 0.25) is 0 Å². The van der Waals surface area contributed by atoms with E-state index in [0.717, 1.165) is 36.3 Å². The quantitative estimate of drug-likeness (QED) is 0.669. The van der Waals surface area contributed by atoms with Gasteiger partial charge in [-0.15, -0.1) is 0 Å². The first-order chi connectivity index (χ1) is 7.70. The Hall–Kier alpha value is -1.75. The van der Waals surface area contributed by atoms with Gasteiger partial charge in [0.05, 0.1) is 11.3 Å². The van der Waals surface area contributed by atoms with Crippen molar-refractivity contribution in [2.75, 3.05) is 18.0 Å². The van der Waals surface area contributed by atoms with Crippen molar-refractivity contribution in [2.24, 2.45) is 0 Å². The number of hydrogen-bond donors (Lipinski definition) is 0. The number of anilines is 1. The zero-order chi connectivity index (χ0) is 11.5. The number of hydrogen-bond acceptors (Lipinski definition) is 2. The molecule has 0 radical (unpaired) electrons. The van der Waals surface area contributed by atoms with Gasteiger partial charge in [0.1, 0.15) is 6.07 Å². The Labute approximate surface area is 96.8 Å². The molecule has 0 fully saturated rings. The summed E-state index contributed by atoms with van der Waals surface area (Å²) in [7, 11) is 0. The first kappa shape index (κ1) is 10.8. The van der Waals surface area contributed by atoms with Gasteiger partial charge in [-0.05, 0) is 38.0 Å². The average Bonchev–Trinajstić information content (AvgIpc) is 2.30. The second-order valence-corrected chi connectivity index (χ2v) is 4.38. The molecule has 1 aliphatic rings. The third-order valence-electron chi connectivity index (χ3n) is 3.05. The van der Waals surface area contributed by atoms with Crippen LogP contribution in [0.1, 0.15) is 24.5 Å². The van der Waals surface area contributed by atoms with Crippen LogP contribution in [-0.4, -0.2) is 13.1 Å². The number of rotatable bonds is 1. The molecule has 1 heterocycles. The molecule has 0 amide bonds. The number of benzene rings is 1. The molecule has 0 aliphatic carbocycles. The van der Waals surface area contributed by atoms with Crippen molar-refractivity contribution in [2.45, 2.75) is 20.3 Å². The maximum atomic E-state index is 9.13. The highest BCUT2D eigenvalue weighted by Crippen LogP contribution is 2.24. The monoisotopic (exact) mass is 212 g/mol. The fourth-order valence-electron chi connectivity index (χ4n) is 2.00. The Balaban J connectivity index is 2.31. The van der Waals surface area contributed by atoms with Crippen molar-refractivity contribution in [1.82, 2.24) is 0 Å². The zero-order valence-corrected chi connectivity index (χ0v) is 9.83. The van der Waals surface area contributed by atoms with Crippen molar-refractivity contribution >= 4 is 5.69 Å². The van der Waals surface area contributed by atoms with Gasteiger partial charge >= 0.3 is 0 Å². The lowest BCUT2D eigenvalue weighted by Gasteiger charge is -2.28. The summed E-state index contributed by atoms with van der Waals surface area (Å²) in [5.74, 6) is 0. The Kier molecular flexibility index (Phi) is 2.96. The first-order valence-electron chi connectivity index (χ1n) is 5.62. The molecule has 1 aromatic carbocycles. The molecule has 2 rings (SSSR count). The van der Waals surface area contributed by atoms with E-state index >= 15 is 0 Å². The van der Waals surface area contributed by atoms with E-state index < -0.39 is 0 Å². The fourth-order valence-corrected chi connectivity index (χ4v) is 2.00. The highest BCUT2D eigenvalue weighted by Gasteiger charge is 2.13. The summed E-state index contributed by atoms with van der Waals surface area (Å²) in [6.45, 7) is 6.12. The molecule has 0 saturated heterocycles. The largest absolute Gasteiger partial charge is 0.366 e. The van der Waals surface area contributed by atoms with Gasteiger partial charge < -0.3 is 4.90 Å². The van der Waals surface area contributed by atoms with Crippen molar-refractivity contribution < 1.29 is 0 Å². The molecule has 1 aromatic rings. The van der Waals surface area contributed by atoms with Crippen LogP contribution in [0.2, 0.25) is 0 Å². The van der Waals surface area contributed by atoms with E-state index in [0.29, 0.717) is 0 Å². The molecule has 0 saturated carbocycles. The topological polar surface area (TPSA) is 27.0 Å². The normalized spacial score (nSPS) is 15.6.